The van der Waals surface area contributed by atoms with Gasteiger partial charge in [0.05, 0.1) is 24.5 Å². The highest BCUT2D eigenvalue weighted by Crippen LogP contribution is 2.32. The second kappa shape index (κ2) is 19.5. The van der Waals surface area contributed by atoms with Gasteiger partial charge in [-0.25, -0.2) is 19.6 Å². The molecule has 3 fully saturated rings. The molecule has 3 aliphatic rings. The van der Waals surface area contributed by atoms with E-state index in [2.05, 4.69) is 46.1 Å². The number of aromatic amines is 4. The SMILES string of the molecule is O=C(C1CC1)N1CCC(N=c2cc(Nc3cccc(Cl)c3)nc3c(=Cc4[nH]c(=O)[nH]c4O)cnn23)CC1.O=c1[nH]c(O)c(C=c2cnn3c(=NC4CCNCC4)cc(Nc4cccc(Cl)c4)nc23)[nH]1. The van der Waals surface area contributed by atoms with Gasteiger partial charge < -0.3 is 41.0 Å². The Labute approximate surface area is 400 Å². The number of nitrogens with zero attached hydrogens (tertiary/aromatic N) is 9. The fraction of sp³-hybridized carbons (Fsp3) is 0.283. The number of fused-ring (bicyclic) bond motifs is 2. The van der Waals surface area contributed by atoms with Crippen molar-refractivity contribution < 1.29 is 15.0 Å². The van der Waals surface area contributed by atoms with Gasteiger partial charge in [-0.2, -0.15) is 19.2 Å². The Kier molecular flexibility index (Phi) is 12.7. The molecule has 0 radical (unpaired) electrons. The Hall–Kier alpha value is -7.75. The number of anilines is 4. The molecule has 0 bridgehead atoms. The van der Waals surface area contributed by atoms with E-state index in [-0.39, 0.29) is 47.1 Å². The van der Waals surface area contributed by atoms with Gasteiger partial charge in [-0.05, 0) is 100 Å². The van der Waals surface area contributed by atoms with Crippen LogP contribution in [-0.4, -0.2) is 108 Å². The lowest BCUT2D eigenvalue weighted by Crippen LogP contribution is -2.41. The highest BCUT2D eigenvalue weighted by atomic mass is 35.5. The molecule has 1 aliphatic carbocycles. The summed E-state index contributed by atoms with van der Waals surface area (Å²) in [5, 5.41) is 41.2. The van der Waals surface area contributed by atoms with E-state index in [4.69, 9.17) is 43.2 Å². The molecule has 69 heavy (non-hydrogen) atoms. The van der Waals surface area contributed by atoms with Gasteiger partial charge in [0.2, 0.25) is 17.7 Å². The molecule has 11 rings (SSSR count). The van der Waals surface area contributed by atoms with E-state index in [1.165, 1.54) is 0 Å². The van der Waals surface area contributed by atoms with E-state index in [1.54, 1.807) is 51.8 Å². The number of H-pyrrole nitrogens is 4. The standard InChI is InChI=1S/C25H25ClN8O3.C21H21ClN8O2/c26-16-2-1-3-18(11-16)28-20-12-21(29-17-6-8-33(9-7-17)24(36)14-4-5-14)34-22(31-20)15(13-27-34)10-19-23(35)32-25(37)30-19;22-13-2-1-3-15(9-13)25-17-10-18(26-14-4-6-23-7-5-14)30-19(28-17)12(11-24-30)8-16-20(31)29-21(32)27-16/h1-3,10-14,17,28,35H,4-9H2,(H2,30,32,37);1-3,8-11,14,23,25,31H,4-7H2,(H2,27,29,32). The Balaban J connectivity index is 0.000000162. The molecule has 0 unspecified atom stereocenters. The maximum atomic E-state index is 12.4. The third-order valence-corrected chi connectivity index (χ3v) is 12.3. The first-order valence-electron chi connectivity index (χ1n) is 22.4. The number of imidazole rings is 2. The summed E-state index contributed by atoms with van der Waals surface area (Å²) >= 11 is 12.3. The fourth-order valence-corrected chi connectivity index (χ4v) is 8.66. The minimum atomic E-state index is -0.515. The number of nitrogens with one attached hydrogen (secondary N) is 7. The van der Waals surface area contributed by atoms with E-state index in [9.17, 15) is 24.6 Å². The van der Waals surface area contributed by atoms with Gasteiger partial charge in [0, 0.05) is 63.0 Å². The lowest BCUT2D eigenvalue weighted by Gasteiger charge is -2.30. The smallest absolute Gasteiger partial charge is 0.326 e. The van der Waals surface area contributed by atoms with Gasteiger partial charge in [0.25, 0.3) is 0 Å². The van der Waals surface area contributed by atoms with Gasteiger partial charge in [0.15, 0.2) is 22.3 Å². The summed E-state index contributed by atoms with van der Waals surface area (Å²) < 4.78 is 3.30. The average molecular weight is 974 g/mol. The Morgan fingerprint density at radius 3 is 1.58 bits per heavy atom. The maximum Gasteiger partial charge on any atom is 0.326 e. The number of piperidine rings is 2. The van der Waals surface area contributed by atoms with E-state index in [0.717, 1.165) is 63.0 Å². The summed E-state index contributed by atoms with van der Waals surface area (Å²) in [4.78, 5) is 66.5. The van der Waals surface area contributed by atoms with Crippen LogP contribution in [0.25, 0.3) is 23.4 Å². The topological polar surface area (TPSA) is 279 Å². The van der Waals surface area contributed by atoms with Crippen LogP contribution in [0.3, 0.4) is 0 Å². The van der Waals surface area contributed by atoms with Crippen molar-refractivity contribution >= 4 is 75.6 Å². The van der Waals surface area contributed by atoms with Crippen LogP contribution in [0.5, 0.6) is 11.8 Å². The molecule has 354 valence electrons. The van der Waals surface area contributed by atoms with Gasteiger partial charge in [-0.3, -0.25) is 24.7 Å². The molecule has 0 spiro atoms. The van der Waals surface area contributed by atoms with Crippen molar-refractivity contribution in [2.45, 2.75) is 50.6 Å². The molecule has 0 atom stereocenters. The highest BCUT2D eigenvalue weighted by Gasteiger charge is 2.35. The number of benzene rings is 2. The first-order chi connectivity index (χ1) is 33.5. The molecule has 9 N–H and O–H groups in total. The van der Waals surface area contributed by atoms with Crippen LogP contribution in [-0.2, 0) is 4.79 Å². The zero-order valence-electron chi connectivity index (χ0n) is 36.8. The number of likely N-dealkylation sites (tertiary alicyclic amines) is 1. The normalized spacial score (nSPS) is 16.9. The van der Waals surface area contributed by atoms with Crippen LogP contribution in [0.2, 0.25) is 10.0 Å². The molecular weight excluding hydrogens is 928 g/mol. The Morgan fingerprint density at radius 1 is 0.667 bits per heavy atom. The Bertz CT molecular complexity index is 3580. The summed E-state index contributed by atoms with van der Waals surface area (Å²) in [7, 11) is 0. The van der Waals surface area contributed by atoms with E-state index in [0.29, 0.717) is 67.5 Å². The monoisotopic (exact) mass is 972 g/mol. The lowest BCUT2D eigenvalue weighted by molar-refractivity contribution is -0.133. The van der Waals surface area contributed by atoms with Crippen LogP contribution < -0.4 is 48.7 Å². The summed E-state index contributed by atoms with van der Waals surface area (Å²) in [6, 6.07) is 18.6. The number of aromatic hydroxyl groups is 2. The van der Waals surface area contributed by atoms with Crippen molar-refractivity contribution in [3.63, 3.8) is 0 Å². The first-order valence-corrected chi connectivity index (χ1v) is 23.2. The number of aromatic nitrogens is 10. The molecule has 23 heteroatoms. The van der Waals surface area contributed by atoms with Crippen molar-refractivity contribution in [2.24, 2.45) is 15.9 Å². The fourth-order valence-electron chi connectivity index (χ4n) is 8.28. The highest BCUT2D eigenvalue weighted by molar-refractivity contribution is 6.31. The summed E-state index contributed by atoms with van der Waals surface area (Å²) in [6.07, 6.45) is 11.9. The van der Waals surface area contributed by atoms with Gasteiger partial charge in [-0.1, -0.05) is 35.3 Å². The van der Waals surface area contributed by atoms with Crippen molar-refractivity contribution in [1.82, 2.24) is 59.3 Å². The average Bonchev–Trinajstić information content (AvgIpc) is 3.70. The molecule has 21 nitrogen and oxygen atoms in total. The van der Waals surface area contributed by atoms with E-state index in [1.807, 2.05) is 47.4 Å². The Morgan fingerprint density at radius 2 is 1.14 bits per heavy atom. The van der Waals surface area contributed by atoms with Crippen molar-refractivity contribution in [3.05, 3.63) is 137 Å². The second-order valence-electron chi connectivity index (χ2n) is 17.0. The second-order valence-corrected chi connectivity index (χ2v) is 17.9. The largest absolute Gasteiger partial charge is 0.493 e. The molecular formula is C46H46Cl2N16O5. The number of amides is 1. The van der Waals surface area contributed by atoms with Crippen LogP contribution >= 0.6 is 23.2 Å². The molecule has 1 saturated carbocycles. The summed E-state index contributed by atoms with van der Waals surface area (Å²) in [5.41, 5.74) is 3.31. The molecule has 2 aliphatic heterocycles. The number of hydrogen-bond donors (Lipinski definition) is 9. The quantitative estimate of drug-likeness (QED) is 0.101. The molecule has 8 heterocycles. The number of halogens is 2. The molecule has 2 aromatic carbocycles. The van der Waals surface area contributed by atoms with Gasteiger partial charge in [-0.15, -0.1) is 0 Å². The predicted molar refractivity (Wildman–Crippen MR) is 259 cm³/mol. The first kappa shape index (κ1) is 45.1. The van der Waals surface area contributed by atoms with E-state index >= 15 is 0 Å². The zero-order valence-corrected chi connectivity index (χ0v) is 38.3. The van der Waals surface area contributed by atoms with Gasteiger partial charge >= 0.3 is 11.4 Å². The minimum Gasteiger partial charge on any atom is -0.493 e. The van der Waals surface area contributed by atoms with Crippen molar-refractivity contribution in [3.8, 4) is 11.8 Å². The predicted octanol–water partition coefficient (Wildman–Crippen LogP) is 2.75. The number of carbonyl (C=O) groups is 1. The van der Waals surface area contributed by atoms with Crippen LogP contribution in [0, 0.1) is 5.92 Å². The summed E-state index contributed by atoms with van der Waals surface area (Å²) in [6.45, 7) is 3.25. The molecule has 1 amide bonds. The third kappa shape index (κ3) is 10.5. The van der Waals surface area contributed by atoms with Crippen LogP contribution in [0.15, 0.2) is 92.6 Å². The van der Waals surface area contributed by atoms with Crippen molar-refractivity contribution in [1.29, 1.82) is 0 Å². The number of carbonyl (C=O) groups excluding carboxylic acids is 1. The third-order valence-electron chi connectivity index (χ3n) is 11.9. The van der Waals surface area contributed by atoms with Crippen molar-refractivity contribution in [2.75, 3.05) is 36.8 Å². The number of rotatable bonds is 9. The van der Waals surface area contributed by atoms with Crippen LogP contribution in [0.1, 0.15) is 49.9 Å². The lowest BCUT2D eigenvalue weighted by atomic mass is 10.1. The molecule has 6 aromatic heterocycles. The van der Waals surface area contributed by atoms with E-state index < -0.39 is 11.4 Å². The maximum absolute atomic E-state index is 12.4. The summed E-state index contributed by atoms with van der Waals surface area (Å²) in [5.74, 6) is 1.10. The number of hydrogen-bond acceptors (Lipinski definition) is 14. The molecule has 8 aromatic rings. The van der Waals surface area contributed by atoms with Crippen LogP contribution in [0.4, 0.5) is 23.0 Å². The molecule has 2 saturated heterocycles. The zero-order chi connectivity index (χ0) is 47.6. The van der Waals surface area contributed by atoms with Gasteiger partial charge in [0.1, 0.15) is 23.0 Å². The minimum absolute atomic E-state index is 0.0366.